The van der Waals surface area contributed by atoms with Crippen molar-refractivity contribution in [1.82, 2.24) is 9.55 Å². The topological polar surface area (TPSA) is 64.0 Å². The molecule has 5 nitrogen and oxygen atoms in total. The normalized spacial score (nSPS) is 10.9. The highest BCUT2D eigenvalue weighted by Crippen LogP contribution is 2.21. The van der Waals surface area contributed by atoms with Crippen LogP contribution in [0.5, 0.6) is 0 Å². The van der Waals surface area contributed by atoms with Gasteiger partial charge in [-0.15, -0.1) is 0 Å². The second kappa shape index (κ2) is 7.88. The summed E-state index contributed by atoms with van der Waals surface area (Å²) in [6, 6.07) is 11.1. The van der Waals surface area contributed by atoms with Gasteiger partial charge in [0.05, 0.1) is 21.7 Å². The zero-order valence-corrected chi connectivity index (χ0v) is 15.4. The number of fused-ring (bicyclic) bond motifs is 1. The fourth-order valence-electron chi connectivity index (χ4n) is 2.44. The van der Waals surface area contributed by atoms with Crippen LogP contribution in [0.3, 0.4) is 0 Å². The van der Waals surface area contributed by atoms with E-state index in [-0.39, 0.29) is 22.2 Å². The number of carbonyl (C=O) groups is 1. The number of rotatable bonds is 5. The molecule has 0 spiro atoms. The number of nitrogens with one attached hydrogen (secondary N) is 1. The molecule has 0 saturated carbocycles. The number of hydrogen-bond acceptors (Lipinski definition) is 4. The van der Waals surface area contributed by atoms with E-state index in [1.54, 1.807) is 18.2 Å². The summed E-state index contributed by atoms with van der Waals surface area (Å²) in [7, 11) is 0. The zero-order chi connectivity index (χ0) is 18.7. The van der Waals surface area contributed by atoms with E-state index < -0.39 is 5.82 Å². The maximum atomic E-state index is 13.2. The molecular weight excluding hydrogens is 377 g/mol. The van der Waals surface area contributed by atoms with Gasteiger partial charge in [0.1, 0.15) is 5.82 Å². The SMILES string of the molecule is CCn1c(SCC(=O)Nc2ccc(F)c(Cl)c2)nc2ccccc2c1=O. The molecule has 0 unspecified atom stereocenters. The summed E-state index contributed by atoms with van der Waals surface area (Å²) in [6.45, 7) is 2.30. The third-order valence-electron chi connectivity index (χ3n) is 3.68. The first-order valence-corrected chi connectivity index (χ1v) is 9.23. The van der Waals surface area contributed by atoms with E-state index in [2.05, 4.69) is 10.3 Å². The molecule has 1 amide bonds. The molecule has 3 aromatic rings. The predicted molar refractivity (Wildman–Crippen MR) is 102 cm³/mol. The van der Waals surface area contributed by atoms with Gasteiger partial charge in [-0.1, -0.05) is 35.5 Å². The minimum Gasteiger partial charge on any atom is -0.325 e. The van der Waals surface area contributed by atoms with Gasteiger partial charge in [-0.25, -0.2) is 9.37 Å². The molecule has 0 bridgehead atoms. The van der Waals surface area contributed by atoms with Gasteiger partial charge in [0.2, 0.25) is 5.91 Å². The van der Waals surface area contributed by atoms with Gasteiger partial charge in [-0.05, 0) is 37.3 Å². The minimum absolute atomic E-state index is 0.0553. The molecule has 2 aromatic carbocycles. The average molecular weight is 392 g/mol. The van der Waals surface area contributed by atoms with Crippen molar-refractivity contribution in [1.29, 1.82) is 0 Å². The van der Waals surface area contributed by atoms with E-state index in [9.17, 15) is 14.0 Å². The molecule has 26 heavy (non-hydrogen) atoms. The standard InChI is InChI=1S/C18H15ClFN3O2S/c1-2-23-17(25)12-5-3-4-6-15(12)22-18(23)26-10-16(24)21-11-7-8-14(20)13(19)9-11/h3-9H,2,10H2,1H3,(H,21,24). The van der Waals surface area contributed by atoms with Gasteiger partial charge in [-0.2, -0.15) is 0 Å². The van der Waals surface area contributed by atoms with Crippen molar-refractivity contribution < 1.29 is 9.18 Å². The summed E-state index contributed by atoms with van der Waals surface area (Å²) in [6.07, 6.45) is 0. The van der Waals surface area contributed by atoms with Crippen LogP contribution in [0.15, 0.2) is 52.4 Å². The Bertz CT molecular complexity index is 1040. The lowest BCUT2D eigenvalue weighted by Gasteiger charge is -2.11. The van der Waals surface area contributed by atoms with Crippen molar-refractivity contribution in [2.24, 2.45) is 0 Å². The Morgan fingerprint density at radius 3 is 2.81 bits per heavy atom. The van der Waals surface area contributed by atoms with Gasteiger partial charge in [-0.3, -0.25) is 14.2 Å². The number of hydrogen-bond donors (Lipinski definition) is 1. The van der Waals surface area contributed by atoms with Gasteiger partial charge < -0.3 is 5.32 Å². The molecule has 0 aliphatic rings. The highest BCUT2D eigenvalue weighted by atomic mass is 35.5. The molecule has 0 atom stereocenters. The first-order chi connectivity index (χ1) is 12.5. The van der Waals surface area contributed by atoms with Crippen molar-refractivity contribution in [2.45, 2.75) is 18.6 Å². The van der Waals surface area contributed by atoms with E-state index in [4.69, 9.17) is 11.6 Å². The van der Waals surface area contributed by atoms with Crippen LogP contribution >= 0.6 is 23.4 Å². The summed E-state index contributed by atoms with van der Waals surface area (Å²) < 4.78 is 14.7. The molecule has 3 rings (SSSR count). The second-order valence-electron chi connectivity index (χ2n) is 5.43. The molecule has 1 aromatic heterocycles. The van der Waals surface area contributed by atoms with Crippen LogP contribution in [0.25, 0.3) is 10.9 Å². The van der Waals surface area contributed by atoms with Crippen molar-refractivity contribution >= 4 is 45.9 Å². The molecule has 1 heterocycles. The Morgan fingerprint density at radius 1 is 1.31 bits per heavy atom. The Balaban J connectivity index is 1.77. The molecule has 0 aliphatic heterocycles. The molecule has 0 radical (unpaired) electrons. The summed E-state index contributed by atoms with van der Waals surface area (Å²) in [5.41, 5.74) is 0.864. The monoisotopic (exact) mass is 391 g/mol. The smallest absolute Gasteiger partial charge is 0.262 e. The van der Waals surface area contributed by atoms with E-state index in [0.29, 0.717) is 28.3 Å². The first-order valence-electron chi connectivity index (χ1n) is 7.87. The minimum atomic E-state index is -0.550. The third kappa shape index (κ3) is 3.89. The van der Waals surface area contributed by atoms with Crippen molar-refractivity contribution in [3.8, 4) is 0 Å². The Morgan fingerprint density at radius 2 is 2.08 bits per heavy atom. The van der Waals surface area contributed by atoms with Crippen molar-refractivity contribution in [3.63, 3.8) is 0 Å². The number of anilines is 1. The lowest BCUT2D eigenvalue weighted by atomic mass is 10.2. The average Bonchev–Trinajstić information content (AvgIpc) is 2.63. The summed E-state index contributed by atoms with van der Waals surface area (Å²) in [5.74, 6) is -0.797. The van der Waals surface area contributed by atoms with E-state index in [0.717, 1.165) is 0 Å². The van der Waals surface area contributed by atoms with Gasteiger partial charge in [0, 0.05) is 12.2 Å². The fourth-order valence-corrected chi connectivity index (χ4v) is 3.48. The molecule has 0 saturated heterocycles. The number of thioether (sulfide) groups is 1. The van der Waals surface area contributed by atoms with Crippen molar-refractivity contribution in [2.75, 3.05) is 11.1 Å². The fraction of sp³-hybridized carbons (Fsp3) is 0.167. The number of halogens is 2. The van der Waals surface area contributed by atoms with Crippen LogP contribution in [-0.4, -0.2) is 21.2 Å². The Kier molecular flexibility index (Phi) is 5.58. The molecule has 1 N–H and O–H groups in total. The van der Waals surface area contributed by atoms with Crippen LogP contribution in [0.4, 0.5) is 10.1 Å². The Hall–Kier alpha value is -2.38. The predicted octanol–water partition coefficient (Wildman–Crippen LogP) is 3.94. The lowest BCUT2D eigenvalue weighted by Crippen LogP contribution is -2.23. The summed E-state index contributed by atoms with van der Waals surface area (Å²) >= 11 is 6.87. The largest absolute Gasteiger partial charge is 0.325 e. The molecule has 8 heteroatoms. The van der Waals surface area contributed by atoms with Crippen LogP contribution in [0.2, 0.25) is 5.02 Å². The van der Waals surface area contributed by atoms with E-state index in [1.807, 2.05) is 13.0 Å². The molecule has 0 fully saturated rings. The maximum absolute atomic E-state index is 13.2. The summed E-state index contributed by atoms with van der Waals surface area (Å²) in [5, 5.41) is 3.60. The first kappa shape index (κ1) is 18.4. The lowest BCUT2D eigenvalue weighted by molar-refractivity contribution is -0.113. The molecular formula is C18H15ClFN3O2S. The number of carbonyl (C=O) groups excluding carboxylic acids is 1. The number of benzene rings is 2. The van der Waals surface area contributed by atoms with Crippen molar-refractivity contribution in [3.05, 3.63) is 63.7 Å². The third-order valence-corrected chi connectivity index (χ3v) is 4.94. The van der Waals surface area contributed by atoms with Crippen LogP contribution in [-0.2, 0) is 11.3 Å². The van der Waals surface area contributed by atoms with E-state index in [1.165, 1.54) is 34.5 Å². The highest BCUT2D eigenvalue weighted by molar-refractivity contribution is 7.99. The highest BCUT2D eigenvalue weighted by Gasteiger charge is 2.12. The van der Waals surface area contributed by atoms with E-state index >= 15 is 0 Å². The van der Waals surface area contributed by atoms with Crippen LogP contribution in [0.1, 0.15) is 6.92 Å². The molecule has 134 valence electrons. The van der Waals surface area contributed by atoms with Crippen LogP contribution in [0, 0.1) is 5.82 Å². The number of nitrogens with zero attached hydrogens (tertiary/aromatic N) is 2. The quantitative estimate of drug-likeness (QED) is 0.528. The Labute approximate surface area is 158 Å². The summed E-state index contributed by atoms with van der Waals surface area (Å²) in [4.78, 5) is 29.2. The number of amides is 1. The maximum Gasteiger partial charge on any atom is 0.262 e. The second-order valence-corrected chi connectivity index (χ2v) is 6.78. The number of para-hydroxylation sites is 1. The van der Waals surface area contributed by atoms with Gasteiger partial charge in [0.15, 0.2) is 5.16 Å². The van der Waals surface area contributed by atoms with Gasteiger partial charge in [0.25, 0.3) is 5.56 Å². The number of aromatic nitrogens is 2. The van der Waals surface area contributed by atoms with Gasteiger partial charge >= 0.3 is 0 Å². The molecule has 0 aliphatic carbocycles. The zero-order valence-electron chi connectivity index (χ0n) is 13.8. The van der Waals surface area contributed by atoms with Crippen LogP contribution < -0.4 is 10.9 Å².